The van der Waals surface area contributed by atoms with Gasteiger partial charge in [0.05, 0.1) is 0 Å². The van der Waals surface area contributed by atoms with Crippen LogP contribution in [0.4, 0.5) is 0 Å². The summed E-state index contributed by atoms with van der Waals surface area (Å²) in [5, 5.41) is 3.39. The summed E-state index contributed by atoms with van der Waals surface area (Å²) in [6.07, 6.45) is 2.16. The number of fused-ring (bicyclic) bond motifs is 1. The molecule has 0 aromatic heterocycles. The molecule has 0 unspecified atom stereocenters. The largest absolute Gasteiger partial charge is 0.309 e. The minimum absolute atomic E-state index is 1.04. The highest BCUT2D eigenvalue weighted by Crippen LogP contribution is 2.17. The van der Waals surface area contributed by atoms with Gasteiger partial charge in [-0.25, -0.2) is 0 Å². The van der Waals surface area contributed by atoms with E-state index in [1.54, 1.807) is 0 Å². The Kier molecular flexibility index (Phi) is 4.27. The van der Waals surface area contributed by atoms with Crippen LogP contribution in [0.3, 0.4) is 0 Å². The molecule has 1 aliphatic rings. The van der Waals surface area contributed by atoms with Gasteiger partial charge >= 0.3 is 0 Å². The molecule has 1 heterocycles. The van der Waals surface area contributed by atoms with Crippen LogP contribution in [0.1, 0.15) is 16.7 Å². The van der Waals surface area contributed by atoms with E-state index >= 15 is 0 Å². The summed E-state index contributed by atoms with van der Waals surface area (Å²) in [6, 6.07) is 6.89. The Morgan fingerprint density at radius 1 is 1.31 bits per heavy atom. The van der Waals surface area contributed by atoms with Crippen molar-refractivity contribution >= 4 is 11.8 Å². The second-order valence-electron chi connectivity index (χ2n) is 4.44. The minimum atomic E-state index is 1.04. The zero-order chi connectivity index (χ0) is 11.4. The van der Waals surface area contributed by atoms with Gasteiger partial charge in [-0.15, -0.1) is 0 Å². The number of nitrogens with one attached hydrogen (secondary N) is 1. The van der Waals surface area contributed by atoms with E-state index in [1.807, 2.05) is 11.8 Å². The van der Waals surface area contributed by atoms with Crippen LogP contribution < -0.4 is 5.32 Å². The van der Waals surface area contributed by atoms with Crippen molar-refractivity contribution in [3.63, 3.8) is 0 Å². The fourth-order valence-electron chi connectivity index (χ4n) is 2.08. The van der Waals surface area contributed by atoms with Crippen molar-refractivity contribution < 1.29 is 0 Å². The van der Waals surface area contributed by atoms with Crippen LogP contribution >= 0.6 is 11.8 Å². The number of nitrogens with zero attached hydrogens (tertiary/aromatic N) is 1. The van der Waals surface area contributed by atoms with Crippen LogP contribution in [0.25, 0.3) is 0 Å². The molecule has 1 aromatic rings. The van der Waals surface area contributed by atoms with Crippen molar-refractivity contribution in [1.29, 1.82) is 0 Å². The van der Waals surface area contributed by atoms with Crippen LogP contribution in [0.2, 0.25) is 0 Å². The Hall–Kier alpha value is -0.510. The van der Waals surface area contributed by atoms with Crippen LogP contribution in [-0.4, -0.2) is 30.5 Å². The first-order chi connectivity index (χ1) is 7.79. The van der Waals surface area contributed by atoms with Crippen molar-refractivity contribution in [3.8, 4) is 0 Å². The van der Waals surface area contributed by atoms with Crippen molar-refractivity contribution in [2.75, 3.05) is 25.6 Å². The van der Waals surface area contributed by atoms with E-state index in [9.17, 15) is 0 Å². The van der Waals surface area contributed by atoms with E-state index in [0.717, 1.165) is 26.2 Å². The molecule has 0 bridgehead atoms. The van der Waals surface area contributed by atoms with E-state index in [0.29, 0.717) is 0 Å². The van der Waals surface area contributed by atoms with Gasteiger partial charge in [-0.3, -0.25) is 0 Å². The molecular formula is C13H20N2S. The molecule has 2 nitrogen and oxygen atoms in total. The summed E-state index contributed by atoms with van der Waals surface area (Å²) < 4.78 is 0. The number of benzene rings is 1. The van der Waals surface area contributed by atoms with Crippen LogP contribution in [-0.2, 0) is 19.6 Å². The summed E-state index contributed by atoms with van der Waals surface area (Å²) >= 11 is 1.91. The maximum Gasteiger partial charge on any atom is 0.0231 e. The molecule has 0 aliphatic carbocycles. The summed E-state index contributed by atoms with van der Waals surface area (Å²) in [4.78, 5) is 2.39. The molecule has 3 heteroatoms. The molecule has 1 N–H and O–H groups in total. The predicted octanol–water partition coefficient (Wildman–Crippen LogP) is 2.08. The molecule has 0 amide bonds. The second kappa shape index (κ2) is 5.71. The summed E-state index contributed by atoms with van der Waals surface area (Å²) in [5.74, 6) is 1.21. The van der Waals surface area contributed by atoms with Gasteiger partial charge in [0.1, 0.15) is 0 Å². The second-order valence-corrected chi connectivity index (χ2v) is 5.42. The third-order valence-electron chi connectivity index (χ3n) is 3.03. The SMILES string of the molecule is CSCCN(C)Cc1ccc2c(c1)CNC2. The molecule has 2 rings (SSSR count). The Balaban J connectivity index is 1.94. The third-order valence-corrected chi connectivity index (χ3v) is 3.62. The lowest BCUT2D eigenvalue weighted by Crippen LogP contribution is -2.20. The predicted molar refractivity (Wildman–Crippen MR) is 71.7 cm³/mol. The molecular weight excluding hydrogens is 216 g/mol. The van der Waals surface area contributed by atoms with E-state index < -0.39 is 0 Å². The standard InChI is InChI=1S/C13H20N2S/c1-15(5-6-16-2)10-11-3-4-12-8-14-9-13(12)7-11/h3-4,7,14H,5-6,8-10H2,1-2H3. The maximum absolute atomic E-state index is 3.39. The molecule has 1 aromatic carbocycles. The van der Waals surface area contributed by atoms with E-state index in [4.69, 9.17) is 0 Å². The van der Waals surface area contributed by atoms with E-state index in [-0.39, 0.29) is 0 Å². The zero-order valence-electron chi connectivity index (χ0n) is 10.1. The van der Waals surface area contributed by atoms with Crippen LogP contribution in [0, 0.1) is 0 Å². The van der Waals surface area contributed by atoms with Crippen molar-refractivity contribution in [2.24, 2.45) is 0 Å². The van der Waals surface area contributed by atoms with Crippen LogP contribution in [0.15, 0.2) is 18.2 Å². The monoisotopic (exact) mass is 236 g/mol. The molecule has 0 fully saturated rings. The highest BCUT2D eigenvalue weighted by molar-refractivity contribution is 7.98. The molecule has 16 heavy (non-hydrogen) atoms. The van der Waals surface area contributed by atoms with Crippen LogP contribution in [0.5, 0.6) is 0 Å². The smallest absolute Gasteiger partial charge is 0.0231 e. The average molecular weight is 236 g/mol. The lowest BCUT2D eigenvalue weighted by Gasteiger charge is -2.16. The minimum Gasteiger partial charge on any atom is -0.309 e. The molecule has 0 atom stereocenters. The molecule has 0 saturated carbocycles. The van der Waals surface area contributed by atoms with Gasteiger partial charge in [-0.2, -0.15) is 11.8 Å². The lowest BCUT2D eigenvalue weighted by atomic mass is 10.1. The van der Waals surface area contributed by atoms with E-state index in [2.05, 4.69) is 41.7 Å². The fraction of sp³-hybridized carbons (Fsp3) is 0.538. The number of hydrogen-bond donors (Lipinski definition) is 1. The number of thioether (sulfide) groups is 1. The van der Waals surface area contributed by atoms with Crippen molar-refractivity contribution in [2.45, 2.75) is 19.6 Å². The first-order valence-electron chi connectivity index (χ1n) is 5.78. The summed E-state index contributed by atoms with van der Waals surface area (Å²) in [5.41, 5.74) is 4.39. The number of rotatable bonds is 5. The molecule has 1 aliphatic heterocycles. The van der Waals surface area contributed by atoms with Gasteiger partial charge < -0.3 is 10.2 Å². The van der Waals surface area contributed by atoms with Gasteiger partial charge in [0.25, 0.3) is 0 Å². The highest BCUT2D eigenvalue weighted by Gasteiger charge is 2.10. The van der Waals surface area contributed by atoms with Gasteiger partial charge in [-0.05, 0) is 30.0 Å². The Labute approximate surface area is 102 Å². The quantitative estimate of drug-likeness (QED) is 0.843. The molecule has 0 saturated heterocycles. The zero-order valence-corrected chi connectivity index (χ0v) is 10.9. The Morgan fingerprint density at radius 2 is 2.12 bits per heavy atom. The Bertz CT molecular complexity index is 352. The van der Waals surface area contributed by atoms with Gasteiger partial charge in [-0.1, -0.05) is 18.2 Å². The average Bonchev–Trinajstić information content (AvgIpc) is 2.73. The van der Waals surface area contributed by atoms with Crippen molar-refractivity contribution in [3.05, 3.63) is 34.9 Å². The Morgan fingerprint density at radius 3 is 2.94 bits per heavy atom. The van der Waals surface area contributed by atoms with Gasteiger partial charge in [0.15, 0.2) is 0 Å². The molecule has 88 valence electrons. The first-order valence-corrected chi connectivity index (χ1v) is 7.18. The lowest BCUT2D eigenvalue weighted by molar-refractivity contribution is 0.348. The third kappa shape index (κ3) is 3.00. The number of hydrogen-bond acceptors (Lipinski definition) is 3. The topological polar surface area (TPSA) is 15.3 Å². The first kappa shape index (κ1) is 12.0. The normalized spacial score (nSPS) is 14.4. The summed E-state index contributed by atoms with van der Waals surface area (Å²) in [7, 11) is 2.20. The molecule has 0 radical (unpaired) electrons. The highest BCUT2D eigenvalue weighted by atomic mass is 32.2. The van der Waals surface area contributed by atoms with Gasteiger partial charge in [0, 0.05) is 31.9 Å². The molecule has 0 spiro atoms. The van der Waals surface area contributed by atoms with Crippen molar-refractivity contribution in [1.82, 2.24) is 10.2 Å². The van der Waals surface area contributed by atoms with E-state index in [1.165, 1.54) is 22.4 Å². The summed E-state index contributed by atoms with van der Waals surface area (Å²) in [6.45, 7) is 4.31. The maximum atomic E-state index is 3.39. The van der Waals surface area contributed by atoms with Gasteiger partial charge in [0.2, 0.25) is 0 Å². The fourth-order valence-corrected chi connectivity index (χ4v) is 2.58.